The zero-order valence-electron chi connectivity index (χ0n) is 9.32. The molecule has 2 aromatic rings. The van der Waals surface area contributed by atoms with Crippen LogP contribution in [0.1, 0.15) is 12.6 Å². The lowest BCUT2D eigenvalue weighted by Crippen LogP contribution is -2.15. The van der Waals surface area contributed by atoms with Crippen molar-refractivity contribution in [1.82, 2.24) is 20.3 Å². The number of rotatable bonds is 4. The Balaban J connectivity index is 2.38. The van der Waals surface area contributed by atoms with Gasteiger partial charge < -0.3 is 5.32 Å². The summed E-state index contributed by atoms with van der Waals surface area (Å²) < 4.78 is 15.6. The minimum Gasteiger partial charge on any atom is -0.311 e. The van der Waals surface area contributed by atoms with E-state index >= 15 is 0 Å². The molecular formula is C11H12BrFN4. The van der Waals surface area contributed by atoms with Crippen molar-refractivity contribution in [3.63, 3.8) is 0 Å². The molecule has 17 heavy (non-hydrogen) atoms. The molecule has 1 aromatic heterocycles. The Morgan fingerprint density at radius 1 is 1.47 bits per heavy atom. The number of hydrogen-bond acceptors (Lipinski definition) is 3. The van der Waals surface area contributed by atoms with Crippen LogP contribution in [0.5, 0.6) is 0 Å². The van der Waals surface area contributed by atoms with E-state index in [4.69, 9.17) is 0 Å². The quantitative estimate of drug-likeness (QED) is 0.942. The van der Waals surface area contributed by atoms with Crippen LogP contribution in [0.15, 0.2) is 28.9 Å². The van der Waals surface area contributed by atoms with Gasteiger partial charge >= 0.3 is 0 Å². The molecule has 0 aliphatic heterocycles. The smallest absolute Gasteiger partial charge is 0.125 e. The number of hydrogen-bond donors (Lipinski definition) is 1. The van der Waals surface area contributed by atoms with Gasteiger partial charge in [0.1, 0.15) is 5.82 Å². The molecule has 0 aliphatic rings. The lowest BCUT2D eigenvalue weighted by atomic mass is 10.3. The van der Waals surface area contributed by atoms with Gasteiger partial charge in [-0.2, -0.15) is 0 Å². The van der Waals surface area contributed by atoms with E-state index in [1.165, 1.54) is 12.1 Å². The van der Waals surface area contributed by atoms with E-state index in [0.717, 1.165) is 16.7 Å². The van der Waals surface area contributed by atoms with Gasteiger partial charge in [0, 0.05) is 17.1 Å². The molecule has 0 aliphatic carbocycles. The monoisotopic (exact) mass is 298 g/mol. The summed E-state index contributed by atoms with van der Waals surface area (Å²) in [7, 11) is 0. The van der Waals surface area contributed by atoms with Crippen molar-refractivity contribution in [1.29, 1.82) is 0 Å². The molecule has 1 N–H and O–H groups in total. The van der Waals surface area contributed by atoms with E-state index in [0.29, 0.717) is 12.2 Å². The molecule has 90 valence electrons. The van der Waals surface area contributed by atoms with Gasteiger partial charge in [-0.05, 0) is 34.6 Å². The fourth-order valence-electron chi connectivity index (χ4n) is 1.48. The molecule has 0 radical (unpaired) electrons. The summed E-state index contributed by atoms with van der Waals surface area (Å²) in [6.07, 6.45) is 1.67. The third kappa shape index (κ3) is 2.70. The Hall–Kier alpha value is -1.27. The first-order chi connectivity index (χ1) is 8.22. The standard InChI is InChI=1S/C11H12BrFN4/c1-2-14-6-9-7-15-16-17(9)11-5-8(13)3-4-10(11)12/h3-5,7,14H,2,6H2,1H3. The molecule has 0 spiro atoms. The van der Waals surface area contributed by atoms with Crippen molar-refractivity contribution in [2.75, 3.05) is 6.54 Å². The topological polar surface area (TPSA) is 42.7 Å². The number of aromatic nitrogens is 3. The Bertz CT molecular complexity index is 512. The SMILES string of the molecule is CCNCc1cnnn1-c1cc(F)ccc1Br. The van der Waals surface area contributed by atoms with E-state index in [9.17, 15) is 4.39 Å². The number of nitrogens with zero attached hydrogens (tertiary/aromatic N) is 3. The predicted octanol–water partition coefficient (Wildman–Crippen LogP) is 2.28. The van der Waals surface area contributed by atoms with Gasteiger partial charge in [0.05, 0.1) is 17.6 Å². The molecule has 6 heteroatoms. The average Bonchev–Trinajstić information content (AvgIpc) is 2.77. The summed E-state index contributed by atoms with van der Waals surface area (Å²) in [5.74, 6) is -0.298. The van der Waals surface area contributed by atoms with E-state index in [1.54, 1.807) is 16.9 Å². The minimum atomic E-state index is -0.298. The van der Waals surface area contributed by atoms with Crippen molar-refractivity contribution >= 4 is 15.9 Å². The first kappa shape index (κ1) is 12.2. The van der Waals surface area contributed by atoms with Crippen LogP contribution in [0, 0.1) is 5.82 Å². The van der Waals surface area contributed by atoms with Gasteiger partial charge in [0.15, 0.2) is 0 Å². The van der Waals surface area contributed by atoms with E-state index in [1.807, 2.05) is 6.92 Å². The summed E-state index contributed by atoms with van der Waals surface area (Å²) in [5.41, 5.74) is 1.54. The lowest BCUT2D eigenvalue weighted by molar-refractivity contribution is 0.621. The number of benzene rings is 1. The Morgan fingerprint density at radius 2 is 2.29 bits per heavy atom. The van der Waals surface area contributed by atoms with Crippen molar-refractivity contribution in [2.24, 2.45) is 0 Å². The number of halogens is 2. The molecule has 1 aromatic carbocycles. The first-order valence-corrected chi connectivity index (χ1v) is 6.07. The second kappa shape index (κ2) is 5.37. The van der Waals surface area contributed by atoms with E-state index in [-0.39, 0.29) is 5.82 Å². The second-order valence-corrected chi connectivity index (χ2v) is 4.37. The third-order valence-corrected chi connectivity index (χ3v) is 2.98. The summed E-state index contributed by atoms with van der Waals surface area (Å²) in [6.45, 7) is 3.52. The molecule has 1 heterocycles. The predicted molar refractivity (Wildman–Crippen MR) is 66.4 cm³/mol. The summed E-state index contributed by atoms with van der Waals surface area (Å²) in [6, 6.07) is 4.48. The van der Waals surface area contributed by atoms with Crippen molar-refractivity contribution in [3.05, 3.63) is 40.4 Å². The molecule has 0 amide bonds. The highest BCUT2D eigenvalue weighted by atomic mass is 79.9. The Kier molecular flexibility index (Phi) is 3.86. The Morgan fingerprint density at radius 3 is 3.06 bits per heavy atom. The zero-order valence-corrected chi connectivity index (χ0v) is 10.9. The van der Waals surface area contributed by atoms with Crippen molar-refractivity contribution < 1.29 is 4.39 Å². The van der Waals surface area contributed by atoms with Crippen LogP contribution in [-0.2, 0) is 6.54 Å². The second-order valence-electron chi connectivity index (χ2n) is 3.51. The lowest BCUT2D eigenvalue weighted by Gasteiger charge is -2.08. The molecular weight excluding hydrogens is 287 g/mol. The highest BCUT2D eigenvalue weighted by Crippen LogP contribution is 2.22. The minimum absolute atomic E-state index is 0.298. The summed E-state index contributed by atoms with van der Waals surface area (Å²) >= 11 is 3.38. The van der Waals surface area contributed by atoms with Gasteiger partial charge in [-0.25, -0.2) is 9.07 Å². The van der Waals surface area contributed by atoms with Crippen LogP contribution >= 0.6 is 15.9 Å². The highest BCUT2D eigenvalue weighted by molar-refractivity contribution is 9.10. The summed E-state index contributed by atoms with van der Waals surface area (Å²) in [4.78, 5) is 0. The number of nitrogens with one attached hydrogen (secondary N) is 1. The van der Waals surface area contributed by atoms with Crippen molar-refractivity contribution in [3.8, 4) is 5.69 Å². The molecule has 2 rings (SSSR count). The maximum absolute atomic E-state index is 13.2. The van der Waals surface area contributed by atoms with E-state index in [2.05, 4.69) is 31.6 Å². The van der Waals surface area contributed by atoms with E-state index < -0.39 is 0 Å². The molecule has 0 atom stereocenters. The van der Waals surface area contributed by atoms with Crippen LogP contribution in [0.3, 0.4) is 0 Å². The fourth-order valence-corrected chi connectivity index (χ4v) is 1.90. The maximum Gasteiger partial charge on any atom is 0.125 e. The van der Waals surface area contributed by atoms with Gasteiger partial charge in [-0.1, -0.05) is 12.1 Å². The van der Waals surface area contributed by atoms with Gasteiger partial charge in [-0.3, -0.25) is 0 Å². The fraction of sp³-hybridized carbons (Fsp3) is 0.273. The molecule has 4 nitrogen and oxygen atoms in total. The first-order valence-electron chi connectivity index (χ1n) is 5.28. The molecule has 0 saturated heterocycles. The molecule has 0 bridgehead atoms. The third-order valence-electron chi connectivity index (χ3n) is 2.31. The van der Waals surface area contributed by atoms with Crippen LogP contribution in [0.4, 0.5) is 4.39 Å². The van der Waals surface area contributed by atoms with Gasteiger partial charge in [0.2, 0.25) is 0 Å². The van der Waals surface area contributed by atoms with Gasteiger partial charge in [-0.15, -0.1) is 5.10 Å². The highest BCUT2D eigenvalue weighted by Gasteiger charge is 2.09. The van der Waals surface area contributed by atoms with Crippen LogP contribution in [-0.4, -0.2) is 21.5 Å². The molecule has 0 fully saturated rings. The normalized spacial score (nSPS) is 10.8. The van der Waals surface area contributed by atoms with Crippen LogP contribution in [0.25, 0.3) is 5.69 Å². The van der Waals surface area contributed by atoms with Crippen molar-refractivity contribution in [2.45, 2.75) is 13.5 Å². The Labute approximate surface area is 107 Å². The molecule has 0 saturated carbocycles. The van der Waals surface area contributed by atoms with Crippen LogP contribution in [0.2, 0.25) is 0 Å². The van der Waals surface area contributed by atoms with Crippen LogP contribution < -0.4 is 5.32 Å². The molecule has 0 unspecified atom stereocenters. The maximum atomic E-state index is 13.2. The summed E-state index contributed by atoms with van der Waals surface area (Å²) in [5, 5.41) is 11.0. The average molecular weight is 299 g/mol. The van der Waals surface area contributed by atoms with Gasteiger partial charge in [0.25, 0.3) is 0 Å². The zero-order chi connectivity index (χ0) is 12.3. The largest absolute Gasteiger partial charge is 0.311 e.